The molecular weight excluding hydrogens is 262 g/mol. The first-order chi connectivity index (χ1) is 10.1. The standard InChI is InChI=1S/C17H21N3O/c1-5-18-17(14-10-19-20(4)12(14)3)16-9-13-8-11(2)6-7-15(13)21-16/h6-10,17-18H,5H2,1-4H3. The third-order valence-corrected chi connectivity index (χ3v) is 3.97. The van der Waals surface area contributed by atoms with E-state index in [0.29, 0.717) is 0 Å². The molecule has 3 rings (SSSR count). The molecule has 1 unspecified atom stereocenters. The second-order valence-electron chi connectivity index (χ2n) is 5.49. The number of hydrogen-bond acceptors (Lipinski definition) is 3. The highest BCUT2D eigenvalue weighted by atomic mass is 16.3. The zero-order valence-corrected chi connectivity index (χ0v) is 13.0. The zero-order chi connectivity index (χ0) is 15.0. The maximum absolute atomic E-state index is 6.06. The number of fused-ring (bicyclic) bond motifs is 1. The second kappa shape index (κ2) is 5.37. The maximum atomic E-state index is 6.06. The van der Waals surface area contributed by atoms with Crippen LogP contribution in [0.4, 0.5) is 0 Å². The lowest BCUT2D eigenvalue weighted by atomic mass is 10.0. The van der Waals surface area contributed by atoms with Crippen LogP contribution < -0.4 is 5.32 Å². The molecule has 1 aromatic carbocycles. The van der Waals surface area contributed by atoms with Crippen molar-refractivity contribution in [3.05, 3.63) is 53.0 Å². The van der Waals surface area contributed by atoms with Crippen molar-refractivity contribution in [3.63, 3.8) is 0 Å². The van der Waals surface area contributed by atoms with Crippen molar-refractivity contribution in [1.82, 2.24) is 15.1 Å². The molecule has 0 aliphatic heterocycles. The van der Waals surface area contributed by atoms with Crippen LogP contribution in [0.15, 0.2) is 34.9 Å². The highest BCUT2D eigenvalue weighted by Crippen LogP contribution is 2.30. The molecule has 0 amide bonds. The third kappa shape index (κ3) is 2.47. The van der Waals surface area contributed by atoms with E-state index in [2.05, 4.69) is 49.4 Å². The molecule has 110 valence electrons. The van der Waals surface area contributed by atoms with Crippen molar-refractivity contribution in [3.8, 4) is 0 Å². The van der Waals surface area contributed by atoms with Crippen LogP contribution in [0.1, 0.15) is 35.5 Å². The molecular formula is C17H21N3O. The Hall–Kier alpha value is -2.07. The van der Waals surface area contributed by atoms with E-state index in [-0.39, 0.29) is 6.04 Å². The Kier molecular flexibility index (Phi) is 3.55. The fraction of sp³-hybridized carbons (Fsp3) is 0.353. The molecule has 1 atom stereocenters. The average molecular weight is 283 g/mol. The number of hydrogen-bond donors (Lipinski definition) is 1. The van der Waals surface area contributed by atoms with Crippen molar-refractivity contribution < 1.29 is 4.42 Å². The van der Waals surface area contributed by atoms with Gasteiger partial charge in [-0.05, 0) is 38.6 Å². The van der Waals surface area contributed by atoms with Crippen molar-refractivity contribution in [2.45, 2.75) is 26.8 Å². The van der Waals surface area contributed by atoms with Crippen LogP contribution in [-0.4, -0.2) is 16.3 Å². The largest absolute Gasteiger partial charge is 0.459 e. The van der Waals surface area contributed by atoms with E-state index in [1.165, 1.54) is 5.56 Å². The molecule has 0 saturated heterocycles. The fourth-order valence-electron chi connectivity index (χ4n) is 2.69. The van der Waals surface area contributed by atoms with Crippen LogP contribution in [0.2, 0.25) is 0 Å². The van der Waals surface area contributed by atoms with E-state index < -0.39 is 0 Å². The summed E-state index contributed by atoms with van der Waals surface area (Å²) in [6, 6.07) is 8.43. The van der Waals surface area contributed by atoms with Gasteiger partial charge in [0.25, 0.3) is 0 Å². The number of benzene rings is 1. The van der Waals surface area contributed by atoms with Crippen LogP contribution in [-0.2, 0) is 7.05 Å². The second-order valence-corrected chi connectivity index (χ2v) is 5.49. The number of aryl methyl sites for hydroxylation is 2. The topological polar surface area (TPSA) is 43.0 Å². The highest BCUT2D eigenvalue weighted by Gasteiger charge is 2.21. The van der Waals surface area contributed by atoms with Gasteiger partial charge in [-0.25, -0.2) is 0 Å². The van der Waals surface area contributed by atoms with Crippen LogP contribution in [0.25, 0.3) is 11.0 Å². The lowest BCUT2D eigenvalue weighted by Gasteiger charge is -2.15. The van der Waals surface area contributed by atoms with E-state index in [1.807, 2.05) is 24.0 Å². The Balaban J connectivity index is 2.08. The zero-order valence-electron chi connectivity index (χ0n) is 13.0. The van der Waals surface area contributed by atoms with Gasteiger partial charge < -0.3 is 9.73 Å². The number of nitrogens with zero attached hydrogens (tertiary/aromatic N) is 2. The van der Waals surface area contributed by atoms with Gasteiger partial charge in [0.15, 0.2) is 0 Å². The van der Waals surface area contributed by atoms with E-state index in [1.54, 1.807) is 0 Å². The summed E-state index contributed by atoms with van der Waals surface area (Å²) in [5, 5.41) is 8.99. The lowest BCUT2D eigenvalue weighted by Crippen LogP contribution is -2.22. The molecule has 0 saturated carbocycles. The first-order valence-corrected chi connectivity index (χ1v) is 7.32. The molecule has 3 aromatic rings. The lowest BCUT2D eigenvalue weighted by molar-refractivity contribution is 0.475. The number of nitrogens with one attached hydrogen (secondary N) is 1. The molecule has 0 aliphatic carbocycles. The Morgan fingerprint density at radius 3 is 2.76 bits per heavy atom. The highest BCUT2D eigenvalue weighted by molar-refractivity contribution is 5.79. The maximum Gasteiger partial charge on any atom is 0.134 e. The summed E-state index contributed by atoms with van der Waals surface area (Å²) in [6.45, 7) is 7.15. The van der Waals surface area contributed by atoms with Gasteiger partial charge >= 0.3 is 0 Å². The molecule has 2 heterocycles. The minimum absolute atomic E-state index is 0.0383. The Morgan fingerprint density at radius 1 is 1.29 bits per heavy atom. The summed E-state index contributed by atoms with van der Waals surface area (Å²) in [5.41, 5.74) is 4.49. The first kappa shape index (κ1) is 13.9. The fourth-order valence-corrected chi connectivity index (χ4v) is 2.69. The Morgan fingerprint density at radius 2 is 2.10 bits per heavy atom. The van der Waals surface area contributed by atoms with E-state index in [0.717, 1.165) is 34.5 Å². The molecule has 21 heavy (non-hydrogen) atoms. The summed E-state index contributed by atoms with van der Waals surface area (Å²) < 4.78 is 7.95. The predicted octanol–water partition coefficient (Wildman–Crippen LogP) is 3.48. The van der Waals surface area contributed by atoms with Crippen LogP contribution >= 0.6 is 0 Å². The molecule has 4 nitrogen and oxygen atoms in total. The summed E-state index contributed by atoms with van der Waals surface area (Å²) in [6.07, 6.45) is 1.92. The molecule has 1 N–H and O–H groups in total. The molecule has 4 heteroatoms. The van der Waals surface area contributed by atoms with Gasteiger partial charge in [-0.15, -0.1) is 0 Å². The van der Waals surface area contributed by atoms with Crippen molar-refractivity contribution in [2.75, 3.05) is 6.54 Å². The van der Waals surface area contributed by atoms with Gasteiger partial charge in [0.2, 0.25) is 0 Å². The van der Waals surface area contributed by atoms with Crippen LogP contribution in [0.5, 0.6) is 0 Å². The summed E-state index contributed by atoms with van der Waals surface area (Å²) in [4.78, 5) is 0. The minimum Gasteiger partial charge on any atom is -0.459 e. The molecule has 0 spiro atoms. The smallest absolute Gasteiger partial charge is 0.134 e. The quantitative estimate of drug-likeness (QED) is 0.797. The minimum atomic E-state index is 0.0383. The van der Waals surface area contributed by atoms with Gasteiger partial charge in [-0.3, -0.25) is 4.68 Å². The number of aromatic nitrogens is 2. The summed E-state index contributed by atoms with van der Waals surface area (Å²) in [7, 11) is 1.96. The van der Waals surface area contributed by atoms with Gasteiger partial charge in [0.05, 0.1) is 12.2 Å². The SMILES string of the molecule is CCNC(c1cc2cc(C)ccc2o1)c1cnn(C)c1C. The van der Waals surface area contributed by atoms with Gasteiger partial charge in [-0.1, -0.05) is 18.6 Å². The summed E-state index contributed by atoms with van der Waals surface area (Å²) in [5.74, 6) is 0.938. The Bertz CT molecular complexity index is 770. The number of rotatable bonds is 4. The molecule has 0 bridgehead atoms. The molecule has 2 aromatic heterocycles. The normalized spacial score (nSPS) is 13.0. The average Bonchev–Trinajstić information content (AvgIpc) is 3.01. The van der Waals surface area contributed by atoms with Crippen LogP contribution in [0.3, 0.4) is 0 Å². The van der Waals surface area contributed by atoms with Crippen molar-refractivity contribution >= 4 is 11.0 Å². The summed E-state index contributed by atoms with van der Waals surface area (Å²) >= 11 is 0. The van der Waals surface area contributed by atoms with E-state index in [9.17, 15) is 0 Å². The first-order valence-electron chi connectivity index (χ1n) is 7.32. The van der Waals surface area contributed by atoms with E-state index in [4.69, 9.17) is 4.42 Å². The van der Waals surface area contributed by atoms with Crippen LogP contribution in [0, 0.1) is 13.8 Å². The monoisotopic (exact) mass is 283 g/mol. The predicted molar refractivity (Wildman–Crippen MR) is 84.4 cm³/mol. The van der Waals surface area contributed by atoms with Crippen molar-refractivity contribution in [1.29, 1.82) is 0 Å². The molecule has 0 radical (unpaired) electrons. The van der Waals surface area contributed by atoms with E-state index >= 15 is 0 Å². The molecule has 0 fully saturated rings. The van der Waals surface area contributed by atoms with Gasteiger partial charge in [-0.2, -0.15) is 5.10 Å². The number of furan rings is 1. The Labute approximate surface area is 124 Å². The third-order valence-electron chi connectivity index (χ3n) is 3.97. The van der Waals surface area contributed by atoms with Gasteiger partial charge in [0.1, 0.15) is 11.3 Å². The van der Waals surface area contributed by atoms with Crippen molar-refractivity contribution in [2.24, 2.45) is 7.05 Å². The molecule has 0 aliphatic rings. The van der Waals surface area contributed by atoms with Gasteiger partial charge in [0, 0.05) is 23.7 Å².